The van der Waals surface area contributed by atoms with Gasteiger partial charge in [-0.3, -0.25) is 0 Å². The van der Waals surface area contributed by atoms with Crippen LogP contribution in [0.15, 0.2) is 21.1 Å². The summed E-state index contributed by atoms with van der Waals surface area (Å²) in [5, 5.41) is 7.12. The molecule has 3 rings (SSSR count). The van der Waals surface area contributed by atoms with Crippen LogP contribution in [0.2, 0.25) is 0 Å². The highest BCUT2D eigenvalue weighted by Gasteiger charge is 2.23. The average Bonchev–Trinajstić information content (AvgIpc) is 2.95. The van der Waals surface area contributed by atoms with E-state index in [4.69, 9.17) is 4.52 Å². The monoisotopic (exact) mass is 343 g/mol. The van der Waals surface area contributed by atoms with E-state index in [1.165, 1.54) is 6.07 Å². The second-order valence-corrected chi connectivity index (χ2v) is 5.52. The van der Waals surface area contributed by atoms with Crippen LogP contribution >= 0.6 is 15.9 Å². The Morgan fingerprint density at radius 3 is 2.95 bits per heavy atom. The van der Waals surface area contributed by atoms with Crippen LogP contribution < -0.4 is 5.32 Å². The van der Waals surface area contributed by atoms with E-state index in [-0.39, 0.29) is 16.2 Å². The Morgan fingerprint density at radius 2 is 2.20 bits per heavy atom. The molecular formula is C13H12BrF2N3O. The standard InChI is InChI=1S/C13H12BrF2N3O/c14-10-8(3-4-9(15)11(10)16)12-18-13(20-19-12)7-2-1-5-17-6-7/h3-4,7,17H,1-2,5-6H2. The number of halogens is 3. The third-order valence-electron chi connectivity index (χ3n) is 3.36. The van der Waals surface area contributed by atoms with Crippen LogP contribution in [0.25, 0.3) is 11.4 Å². The van der Waals surface area contributed by atoms with E-state index < -0.39 is 11.6 Å². The number of rotatable bonds is 2. The van der Waals surface area contributed by atoms with Crippen LogP contribution in [0.1, 0.15) is 24.7 Å². The molecule has 1 atom stereocenters. The molecule has 1 N–H and O–H groups in total. The van der Waals surface area contributed by atoms with Crippen LogP contribution in [-0.4, -0.2) is 23.2 Å². The zero-order chi connectivity index (χ0) is 14.1. The maximum absolute atomic E-state index is 13.5. The molecule has 0 spiro atoms. The Balaban J connectivity index is 1.92. The summed E-state index contributed by atoms with van der Waals surface area (Å²) in [5.41, 5.74) is 0.377. The van der Waals surface area contributed by atoms with Crippen molar-refractivity contribution in [2.45, 2.75) is 18.8 Å². The van der Waals surface area contributed by atoms with Crippen molar-refractivity contribution < 1.29 is 13.3 Å². The lowest BCUT2D eigenvalue weighted by Gasteiger charge is -2.18. The summed E-state index contributed by atoms with van der Waals surface area (Å²) in [7, 11) is 0. The van der Waals surface area contributed by atoms with Crippen LogP contribution in [0, 0.1) is 11.6 Å². The van der Waals surface area contributed by atoms with Gasteiger partial charge in [-0.1, -0.05) is 5.16 Å². The lowest BCUT2D eigenvalue weighted by atomic mass is 10.00. The first kappa shape index (κ1) is 13.6. The predicted octanol–water partition coefficient (Wildman–Crippen LogP) is 3.24. The highest BCUT2D eigenvalue weighted by molar-refractivity contribution is 9.10. The largest absolute Gasteiger partial charge is 0.339 e. The molecule has 4 nitrogen and oxygen atoms in total. The third kappa shape index (κ3) is 2.47. The van der Waals surface area contributed by atoms with Crippen molar-refractivity contribution in [2.75, 3.05) is 13.1 Å². The lowest BCUT2D eigenvalue weighted by molar-refractivity contribution is 0.322. The molecule has 1 unspecified atom stereocenters. The topological polar surface area (TPSA) is 51.0 Å². The Hall–Kier alpha value is -1.34. The molecule has 0 bridgehead atoms. The highest BCUT2D eigenvalue weighted by atomic mass is 79.9. The molecule has 0 radical (unpaired) electrons. The molecule has 20 heavy (non-hydrogen) atoms. The van der Waals surface area contributed by atoms with Gasteiger partial charge < -0.3 is 9.84 Å². The fourth-order valence-electron chi connectivity index (χ4n) is 2.27. The van der Waals surface area contributed by atoms with Gasteiger partial charge in [0.05, 0.1) is 10.4 Å². The van der Waals surface area contributed by atoms with E-state index >= 15 is 0 Å². The Labute approximate surface area is 122 Å². The third-order valence-corrected chi connectivity index (χ3v) is 4.14. The van der Waals surface area contributed by atoms with E-state index in [1.54, 1.807) is 0 Å². The van der Waals surface area contributed by atoms with Gasteiger partial charge in [-0.05, 0) is 47.4 Å². The smallest absolute Gasteiger partial charge is 0.231 e. The number of benzene rings is 1. The van der Waals surface area contributed by atoms with Crippen molar-refractivity contribution >= 4 is 15.9 Å². The van der Waals surface area contributed by atoms with E-state index in [1.807, 2.05) is 0 Å². The molecule has 0 aliphatic carbocycles. The molecule has 1 aliphatic rings. The number of hydrogen-bond donors (Lipinski definition) is 1. The molecule has 1 fully saturated rings. The maximum Gasteiger partial charge on any atom is 0.231 e. The number of piperidine rings is 1. The van der Waals surface area contributed by atoms with Gasteiger partial charge in [0.15, 0.2) is 11.6 Å². The Morgan fingerprint density at radius 1 is 1.35 bits per heavy atom. The molecule has 1 aliphatic heterocycles. The van der Waals surface area contributed by atoms with Gasteiger partial charge in [-0.25, -0.2) is 8.78 Å². The summed E-state index contributed by atoms with van der Waals surface area (Å²) in [6.45, 7) is 1.78. The van der Waals surface area contributed by atoms with Crippen LogP contribution in [0.4, 0.5) is 8.78 Å². The summed E-state index contributed by atoms with van der Waals surface area (Å²) in [6, 6.07) is 2.48. The zero-order valence-electron chi connectivity index (χ0n) is 10.5. The molecule has 0 saturated carbocycles. The van der Waals surface area contributed by atoms with Gasteiger partial charge in [0.25, 0.3) is 0 Å². The minimum atomic E-state index is -0.951. The quantitative estimate of drug-likeness (QED) is 0.850. The second kappa shape index (κ2) is 5.57. The summed E-state index contributed by atoms with van der Waals surface area (Å²) in [4.78, 5) is 4.30. The average molecular weight is 344 g/mol. The van der Waals surface area contributed by atoms with Gasteiger partial charge in [0.2, 0.25) is 11.7 Å². The summed E-state index contributed by atoms with van der Waals surface area (Å²) >= 11 is 3.02. The van der Waals surface area contributed by atoms with E-state index in [0.717, 1.165) is 32.0 Å². The first-order chi connectivity index (χ1) is 9.66. The number of aromatic nitrogens is 2. The summed E-state index contributed by atoms with van der Waals surface area (Å²) in [6.07, 6.45) is 2.03. The maximum atomic E-state index is 13.5. The fourth-order valence-corrected chi connectivity index (χ4v) is 2.77. The first-order valence-corrected chi connectivity index (χ1v) is 7.14. The SMILES string of the molecule is Fc1ccc(-c2noc(C3CCCNC3)n2)c(Br)c1F. The second-order valence-electron chi connectivity index (χ2n) is 4.72. The zero-order valence-corrected chi connectivity index (χ0v) is 12.1. The minimum absolute atomic E-state index is 0.00613. The molecule has 106 valence electrons. The molecule has 7 heteroatoms. The Kier molecular flexibility index (Phi) is 3.80. The van der Waals surface area contributed by atoms with Gasteiger partial charge in [0, 0.05) is 12.1 Å². The van der Waals surface area contributed by atoms with Crippen LogP contribution in [-0.2, 0) is 0 Å². The van der Waals surface area contributed by atoms with Crippen molar-refractivity contribution in [1.29, 1.82) is 0 Å². The van der Waals surface area contributed by atoms with E-state index in [0.29, 0.717) is 11.5 Å². The van der Waals surface area contributed by atoms with E-state index in [2.05, 4.69) is 31.4 Å². The number of nitrogens with zero attached hydrogens (tertiary/aromatic N) is 2. The van der Waals surface area contributed by atoms with E-state index in [9.17, 15) is 8.78 Å². The number of nitrogens with one attached hydrogen (secondary N) is 1. The first-order valence-electron chi connectivity index (χ1n) is 6.35. The molecule has 1 aromatic carbocycles. The van der Waals surface area contributed by atoms with Crippen molar-refractivity contribution in [1.82, 2.24) is 15.5 Å². The van der Waals surface area contributed by atoms with Crippen molar-refractivity contribution in [3.63, 3.8) is 0 Å². The molecule has 1 saturated heterocycles. The molecule has 2 aromatic rings. The van der Waals surface area contributed by atoms with Gasteiger partial charge in [-0.15, -0.1) is 0 Å². The van der Waals surface area contributed by atoms with Gasteiger partial charge in [0.1, 0.15) is 0 Å². The Bertz CT molecular complexity index is 626. The lowest BCUT2D eigenvalue weighted by Crippen LogP contribution is -2.28. The summed E-state index contributed by atoms with van der Waals surface area (Å²) < 4.78 is 31.9. The van der Waals surface area contributed by atoms with Crippen molar-refractivity contribution in [3.8, 4) is 11.4 Å². The highest BCUT2D eigenvalue weighted by Crippen LogP contribution is 2.31. The van der Waals surface area contributed by atoms with Crippen molar-refractivity contribution in [3.05, 3.63) is 34.1 Å². The molecule has 1 aromatic heterocycles. The molecule has 2 heterocycles. The summed E-state index contributed by atoms with van der Waals surface area (Å²) in [5.74, 6) is -0.900. The van der Waals surface area contributed by atoms with Crippen LogP contribution in [0.5, 0.6) is 0 Å². The normalized spacial score (nSPS) is 19.2. The minimum Gasteiger partial charge on any atom is -0.339 e. The fraction of sp³-hybridized carbons (Fsp3) is 0.385. The molecular weight excluding hydrogens is 332 g/mol. The molecule has 0 amide bonds. The van der Waals surface area contributed by atoms with Crippen molar-refractivity contribution in [2.24, 2.45) is 0 Å². The predicted molar refractivity (Wildman–Crippen MR) is 72.2 cm³/mol. The van der Waals surface area contributed by atoms with Gasteiger partial charge in [-0.2, -0.15) is 4.98 Å². The van der Waals surface area contributed by atoms with Crippen LogP contribution in [0.3, 0.4) is 0 Å². The number of hydrogen-bond acceptors (Lipinski definition) is 4. The van der Waals surface area contributed by atoms with Gasteiger partial charge >= 0.3 is 0 Å².